The molecule has 0 aliphatic carbocycles. The van der Waals surface area contributed by atoms with Crippen LogP contribution in [0.5, 0.6) is 0 Å². The molecule has 0 amide bonds. The monoisotopic (exact) mass is 315 g/mol. The average molecular weight is 316 g/mol. The third-order valence-corrected chi connectivity index (χ3v) is 3.54. The van der Waals surface area contributed by atoms with Crippen molar-refractivity contribution >= 4 is 29.3 Å². The highest BCUT2D eigenvalue weighted by Gasteiger charge is 2.18. The molecule has 2 aromatic heterocycles. The Hall–Kier alpha value is -1.47. The van der Waals surface area contributed by atoms with Crippen molar-refractivity contribution < 1.29 is 14.3 Å². The minimum atomic E-state index is -0.892. The lowest BCUT2D eigenvalue weighted by atomic mass is 10.2. The van der Waals surface area contributed by atoms with E-state index in [-0.39, 0.29) is 11.0 Å². The Morgan fingerprint density at radius 2 is 2.25 bits per heavy atom. The Morgan fingerprint density at radius 1 is 1.50 bits per heavy atom. The van der Waals surface area contributed by atoms with E-state index in [1.807, 2.05) is 4.57 Å². The summed E-state index contributed by atoms with van der Waals surface area (Å²) in [5.41, 5.74) is 0. The number of furan rings is 1. The molecule has 0 aromatic carbocycles. The SMILES string of the molecule is CC(C)Cn1c(SCC(=O)O)nnc1-c1ccc(Cl)o1. The minimum Gasteiger partial charge on any atom is -0.481 e. The van der Waals surface area contributed by atoms with Gasteiger partial charge in [-0.1, -0.05) is 25.6 Å². The first-order chi connectivity index (χ1) is 9.47. The molecule has 8 heteroatoms. The van der Waals surface area contributed by atoms with Gasteiger partial charge in [-0.2, -0.15) is 0 Å². The summed E-state index contributed by atoms with van der Waals surface area (Å²) in [7, 11) is 0. The maximum Gasteiger partial charge on any atom is 0.313 e. The minimum absolute atomic E-state index is 0.0604. The molecule has 2 aromatic rings. The van der Waals surface area contributed by atoms with Gasteiger partial charge in [0.05, 0.1) is 5.75 Å². The smallest absolute Gasteiger partial charge is 0.313 e. The van der Waals surface area contributed by atoms with E-state index in [1.54, 1.807) is 12.1 Å². The quantitative estimate of drug-likeness (QED) is 0.825. The predicted molar refractivity (Wildman–Crippen MR) is 75.9 cm³/mol. The van der Waals surface area contributed by atoms with Gasteiger partial charge in [0.25, 0.3) is 0 Å². The molecule has 0 radical (unpaired) electrons. The Balaban J connectivity index is 2.33. The van der Waals surface area contributed by atoms with Gasteiger partial charge in [-0.05, 0) is 29.7 Å². The fourth-order valence-corrected chi connectivity index (χ4v) is 2.48. The number of rotatable bonds is 6. The van der Waals surface area contributed by atoms with Crippen LogP contribution in [0.2, 0.25) is 5.22 Å². The molecule has 0 aliphatic rings. The van der Waals surface area contributed by atoms with Crippen LogP contribution < -0.4 is 0 Å². The second-order valence-corrected chi connectivity index (χ2v) is 5.91. The van der Waals surface area contributed by atoms with Gasteiger partial charge in [-0.3, -0.25) is 9.36 Å². The molecule has 108 valence electrons. The van der Waals surface area contributed by atoms with Gasteiger partial charge in [0.15, 0.2) is 16.1 Å². The molecule has 1 N–H and O–H groups in total. The zero-order chi connectivity index (χ0) is 14.7. The lowest BCUT2D eigenvalue weighted by Crippen LogP contribution is -2.08. The van der Waals surface area contributed by atoms with Gasteiger partial charge in [-0.25, -0.2) is 0 Å². The number of carboxylic acid groups (broad SMARTS) is 1. The normalized spacial score (nSPS) is 11.2. The fourth-order valence-electron chi connectivity index (χ4n) is 1.67. The molecule has 0 bridgehead atoms. The van der Waals surface area contributed by atoms with Crippen LogP contribution in [-0.4, -0.2) is 31.6 Å². The number of hydrogen-bond acceptors (Lipinski definition) is 5. The highest BCUT2D eigenvalue weighted by atomic mass is 35.5. The molecular weight excluding hydrogens is 302 g/mol. The predicted octanol–water partition coefficient (Wildman–Crippen LogP) is 3.02. The van der Waals surface area contributed by atoms with Crippen molar-refractivity contribution in [2.45, 2.75) is 25.5 Å². The van der Waals surface area contributed by atoms with Gasteiger partial charge < -0.3 is 9.52 Å². The average Bonchev–Trinajstić information content (AvgIpc) is 2.93. The van der Waals surface area contributed by atoms with Gasteiger partial charge in [0.1, 0.15) is 0 Å². The van der Waals surface area contributed by atoms with Crippen LogP contribution in [0.3, 0.4) is 0 Å². The number of hydrogen-bond donors (Lipinski definition) is 1. The van der Waals surface area contributed by atoms with Crippen molar-refractivity contribution in [3.63, 3.8) is 0 Å². The summed E-state index contributed by atoms with van der Waals surface area (Å²) in [4.78, 5) is 10.7. The molecule has 0 fully saturated rings. The van der Waals surface area contributed by atoms with Crippen LogP contribution in [0.4, 0.5) is 0 Å². The summed E-state index contributed by atoms with van der Waals surface area (Å²) in [5, 5.41) is 17.7. The van der Waals surface area contributed by atoms with Crippen LogP contribution in [0.1, 0.15) is 13.8 Å². The third kappa shape index (κ3) is 3.55. The molecule has 2 rings (SSSR count). The standard InChI is InChI=1S/C12H14ClN3O3S/c1-7(2)5-16-11(8-3-4-9(13)19-8)14-15-12(16)20-6-10(17)18/h3-4,7H,5-6H2,1-2H3,(H,17,18). The molecule has 6 nitrogen and oxygen atoms in total. The highest BCUT2D eigenvalue weighted by Crippen LogP contribution is 2.27. The van der Waals surface area contributed by atoms with Crippen LogP contribution in [-0.2, 0) is 11.3 Å². The van der Waals surface area contributed by atoms with E-state index < -0.39 is 5.97 Å². The van der Waals surface area contributed by atoms with Gasteiger partial charge in [0.2, 0.25) is 5.82 Å². The number of carboxylic acids is 1. The summed E-state index contributed by atoms with van der Waals surface area (Å²) in [6.07, 6.45) is 0. The van der Waals surface area contributed by atoms with E-state index in [9.17, 15) is 4.79 Å². The van der Waals surface area contributed by atoms with E-state index in [1.165, 1.54) is 0 Å². The van der Waals surface area contributed by atoms with E-state index in [0.29, 0.717) is 29.2 Å². The molecule has 0 saturated heterocycles. The molecule has 2 heterocycles. The zero-order valence-electron chi connectivity index (χ0n) is 11.0. The third-order valence-electron chi connectivity index (χ3n) is 2.38. The van der Waals surface area contributed by atoms with Gasteiger partial charge >= 0.3 is 5.97 Å². The van der Waals surface area contributed by atoms with Crippen molar-refractivity contribution in [3.8, 4) is 11.6 Å². The number of halogens is 1. The number of aliphatic carboxylic acids is 1. The van der Waals surface area contributed by atoms with Gasteiger partial charge in [-0.15, -0.1) is 10.2 Å². The van der Waals surface area contributed by atoms with E-state index in [2.05, 4.69) is 24.0 Å². The van der Waals surface area contributed by atoms with Crippen LogP contribution in [0, 0.1) is 5.92 Å². The maximum atomic E-state index is 10.7. The molecule has 0 saturated carbocycles. The fraction of sp³-hybridized carbons (Fsp3) is 0.417. The Morgan fingerprint density at radius 3 is 2.80 bits per heavy atom. The molecule has 0 spiro atoms. The van der Waals surface area contributed by atoms with Crippen LogP contribution in [0.25, 0.3) is 11.6 Å². The Labute approximate surface area is 125 Å². The van der Waals surface area contributed by atoms with Crippen LogP contribution >= 0.6 is 23.4 Å². The van der Waals surface area contributed by atoms with E-state index in [4.69, 9.17) is 21.1 Å². The molecule has 0 aliphatic heterocycles. The number of nitrogens with zero attached hydrogens (tertiary/aromatic N) is 3. The van der Waals surface area contributed by atoms with Crippen molar-refractivity contribution in [1.29, 1.82) is 0 Å². The van der Waals surface area contributed by atoms with Gasteiger partial charge in [0, 0.05) is 6.54 Å². The second kappa shape index (κ2) is 6.32. The zero-order valence-corrected chi connectivity index (χ0v) is 12.6. The molecule has 20 heavy (non-hydrogen) atoms. The number of aromatic nitrogens is 3. The summed E-state index contributed by atoms with van der Waals surface area (Å²) in [6.45, 7) is 4.79. The number of thioether (sulfide) groups is 1. The second-order valence-electron chi connectivity index (χ2n) is 4.60. The Bertz CT molecular complexity index is 609. The largest absolute Gasteiger partial charge is 0.481 e. The summed E-state index contributed by atoms with van der Waals surface area (Å²) in [6, 6.07) is 3.35. The lowest BCUT2D eigenvalue weighted by molar-refractivity contribution is -0.133. The van der Waals surface area contributed by atoms with E-state index >= 15 is 0 Å². The maximum absolute atomic E-state index is 10.7. The first kappa shape index (κ1) is 14.9. The van der Waals surface area contributed by atoms with Crippen LogP contribution in [0.15, 0.2) is 21.7 Å². The van der Waals surface area contributed by atoms with Crippen molar-refractivity contribution in [2.75, 3.05) is 5.75 Å². The van der Waals surface area contributed by atoms with E-state index in [0.717, 1.165) is 11.8 Å². The van der Waals surface area contributed by atoms with Crippen molar-refractivity contribution in [3.05, 3.63) is 17.4 Å². The summed E-state index contributed by atoms with van der Waals surface area (Å²) in [5.74, 6) is 0.481. The highest BCUT2D eigenvalue weighted by molar-refractivity contribution is 7.99. The lowest BCUT2D eigenvalue weighted by Gasteiger charge is -2.10. The topological polar surface area (TPSA) is 81.2 Å². The molecule has 0 unspecified atom stereocenters. The number of carbonyl (C=O) groups is 1. The summed E-state index contributed by atoms with van der Waals surface area (Å²) < 4.78 is 7.20. The Kier molecular flexibility index (Phi) is 4.72. The first-order valence-corrected chi connectivity index (χ1v) is 7.37. The molecule has 0 atom stereocenters. The van der Waals surface area contributed by atoms with Crippen molar-refractivity contribution in [2.24, 2.45) is 5.92 Å². The first-order valence-electron chi connectivity index (χ1n) is 6.01. The molecular formula is C12H14ClN3O3S. The van der Waals surface area contributed by atoms with Crippen molar-refractivity contribution in [1.82, 2.24) is 14.8 Å². The summed E-state index contributed by atoms with van der Waals surface area (Å²) >= 11 is 6.91.